The lowest BCUT2D eigenvalue weighted by molar-refractivity contribution is -0.0554. The van der Waals surface area contributed by atoms with Crippen molar-refractivity contribution in [1.29, 1.82) is 0 Å². The summed E-state index contributed by atoms with van der Waals surface area (Å²) in [7, 11) is 0. The summed E-state index contributed by atoms with van der Waals surface area (Å²) in [6.07, 6.45) is 3.12. The number of rotatable bonds is 16. The SMILES string of the molecule is CCNCCCNC/C=C\CNCCCNCC.Nc1ncn([C@@H]2O[C@H](CO)[C@@H](O)[C@H]2O)c(=O)n1. The fourth-order valence-electron chi connectivity index (χ4n) is 3.21. The minimum absolute atomic E-state index is 0.196. The maximum absolute atomic E-state index is 11.5. The molecule has 0 bridgehead atoms. The van der Waals surface area contributed by atoms with Gasteiger partial charge in [0, 0.05) is 13.1 Å². The molecule has 0 saturated carbocycles. The molecule has 2 rings (SSSR count). The summed E-state index contributed by atoms with van der Waals surface area (Å²) in [5.41, 5.74) is 4.46. The highest BCUT2D eigenvalue weighted by Crippen LogP contribution is 2.27. The molecule has 1 aromatic rings. The summed E-state index contributed by atoms with van der Waals surface area (Å²) in [5.74, 6) is -0.196. The van der Waals surface area contributed by atoms with Crippen molar-refractivity contribution in [3.8, 4) is 0 Å². The van der Waals surface area contributed by atoms with Crippen LogP contribution in [-0.2, 0) is 4.74 Å². The van der Waals surface area contributed by atoms with Crippen molar-refractivity contribution in [1.82, 2.24) is 35.8 Å². The number of nitrogen functional groups attached to an aromatic ring is 1. The van der Waals surface area contributed by atoms with Crippen LogP contribution in [0, 0.1) is 0 Å². The van der Waals surface area contributed by atoms with Gasteiger partial charge in [-0.2, -0.15) is 4.98 Å². The van der Waals surface area contributed by atoms with Gasteiger partial charge < -0.3 is 47.1 Å². The lowest BCUT2D eigenvalue weighted by Gasteiger charge is -2.16. The van der Waals surface area contributed by atoms with E-state index in [1.807, 2.05) is 0 Å². The summed E-state index contributed by atoms with van der Waals surface area (Å²) in [6, 6.07) is 0. The molecule has 0 aliphatic carbocycles. The number of anilines is 1. The highest BCUT2D eigenvalue weighted by molar-refractivity contribution is 5.10. The summed E-state index contributed by atoms with van der Waals surface area (Å²) >= 11 is 0. The Kier molecular flexibility index (Phi) is 17.1. The van der Waals surface area contributed by atoms with Crippen LogP contribution in [0.4, 0.5) is 5.95 Å². The molecule has 0 amide bonds. The van der Waals surface area contributed by atoms with E-state index in [0.717, 1.165) is 63.3 Å². The number of nitrogens with one attached hydrogen (secondary N) is 4. The van der Waals surface area contributed by atoms with Gasteiger partial charge in [0.15, 0.2) is 6.23 Å². The molecule has 1 aliphatic rings. The predicted molar refractivity (Wildman–Crippen MR) is 135 cm³/mol. The van der Waals surface area contributed by atoms with E-state index in [0.29, 0.717) is 0 Å². The second kappa shape index (κ2) is 19.2. The van der Waals surface area contributed by atoms with Crippen LogP contribution in [0.25, 0.3) is 0 Å². The Bertz CT molecular complexity index is 733. The monoisotopic (exact) mass is 500 g/mol. The quantitative estimate of drug-likeness (QED) is 0.0884. The number of ether oxygens (including phenoxy) is 1. The zero-order chi connectivity index (χ0) is 25.9. The third-order valence-electron chi connectivity index (χ3n) is 5.14. The first-order chi connectivity index (χ1) is 17.0. The van der Waals surface area contributed by atoms with Crippen molar-refractivity contribution in [2.75, 3.05) is 64.7 Å². The van der Waals surface area contributed by atoms with Crippen molar-refractivity contribution in [2.45, 2.75) is 51.2 Å². The molecule has 1 fully saturated rings. The number of aliphatic hydroxyl groups is 3. The third-order valence-corrected chi connectivity index (χ3v) is 5.14. The molecular formula is C22H44N8O5. The Morgan fingerprint density at radius 3 is 2.00 bits per heavy atom. The lowest BCUT2D eigenvalue weighted by atomic mass is 10.1. The van der Waals surface area contributed by atoms with Crippen molar-refractivity contribution in [3.63, 3.8) is 0 Å². The van der Waals surface area contributed by atoms with Gasteiger partial charge >= 0.3 is 5.69 Å². The second-order valence-corrected chi connectivity index (χ2v) is 7.93. The van der Waals surface area contributed by atoms with Gasteiger partial charge in [-0.1, -0.05) is 26.0 Å². The van der Waals surface area contributed by atoms with Gasteiger partial charge in [0.05, 0.1) is 6.61 Å². The Hall–Kier alpha value is -1.97. The molecule has 0 radical (unpaired) electrons. The molecule has 13 nitrogen and oxygen atoms in total. The Balaban J connectivity index is 0.000000350. The smallest absolute Gasteiger partial charge is 0.354 e. The van der Waals surface area contributed by atoms with E-state index >= 15 is 0 Å². The van der Waals surface area contributed by atoms with Crippen LogP contribution in [-0.4, -0.2) is 107 Å². The normalized spacial score (nSPS) is 21.9. The molecule has 9 N–H and O–H groups in total. The first kappa shape index (κ1) is 31.1. The van der Waals surface area contributed by atoms with Gasteiger partial charge in [-0.15, -0.1) is 0 Å². The fraction of sp³-hybridized carbons (Fsp3) is 0.773. The molecule has 202 valence electrons. The number of nitrogens with two attached hydrogens (primary N) is 1. The minimum atomic E-state index is -1.35. The maximum Gasteiger partial charge on any atom is 0.354 e. The number of aliphatic hydroxyl groups excluding tert-OH is 3. The number of hydrogen-bond donors (Lipinski definition) is 8. The Morgan fingerprint density at radius 1 is 1.00 bits per heavy atom. The van der Waals surface area contributed by atoms with E-state index < -0.39 is 36.8 Å². The first-order valence-corrected chi connectivity index (χ1v) is 12.3. The van der Waals surface area contributed by atoms with Crippen LogP contribution in [0.5, 0.6) is 0 Å². The Labute approximate surface area is 207 Å². The molecule has 13 heteroatoms. The Morgan fingerprint density at radius 2 is 1.54 bits per heavy atom. The predicted octanol–water partition coefficient (Wildman–Crippen LogP) is -2.45. The summed E-state index contributed by atoms with van der Waals surface area (Å²) in [6.45, 7) is 12.3. The molecule has 0 spiro atoms. The lowest BCUT2D eigenvalue weighted by Crippen LogP contribution is -2.36. The highest BCUT2D eigenvalue weighted by atomic mass is 16.6. The van der Waals surface area contributed by atoms with Crippen LogP contribution in [0.3, 0.4) is 0 Å². The topological polar surface area (TPSA) is 192 Å². The van der Waals surface area contributed by atoms with Crippen molar-refractivity contribution >= 4 is 5.95 Å². The highest BCUT2D eigenvalue weighted by Gasteiger charge is 2.43. The van der Waals surface area contributed by atoms with Gasteiger partial charge in [-0.05, 0) is 52.1 Å². The fourth-order valence-corrected chi connectivity index (χ4v) is 3.21. The van der Waals surface area contributed by atoms with E-state index in [1.165, 1.54) is 12.8 Å². The zero-order valence-corrected chi connectivity index (χ0v) is 20.9. The van der Waals surface area contributed by atoms with Gasteiger partial charge in [0.1, 0.15) is 24.6 Å². The standard InChI is InChI=1S/C14H32N4.C8H12N4O5/c1-3-15-11-7-13-17-9-5-6-10-18-14-8-12-16-4-2;9-7-10-2-12(8(16)11-7)6-5(15)4(14)3(1-13)17-6/h5-6,15-18H,3-4,7-14H2,1-2H3;2-6,13-15H,1H2,(H2,9,11,16)/b6-5-;/t;3-,4-,5-,6-/m.1/s1. The number of hydrogen-bond acceptors (Lipinski definition) is 12. The van der Waals surface area contributed by atoms with E-state index in [2.05, 4.69) is 57.2 Å². The summed E-state index contributed by atoms with van der Waals surface area (Å²) in [5, 5.41) is 41.5. The average molecular weight is 501 g/mol. The zero-order valence-electron chi connectivity index (χ0n) is 20.9. The van der Waals surface area contributed by atoms with Crippen molar-refractivity contribution in [3.05, 3.63) is 29.0 Å². The van der Waals surface area contributed by atoms with E-state index in [4.69, 9.17) is 15.6 Å². The van der Waals surface area contributed by atoms with Crippen LogP contribution < -0.4 is 32.7 Å². The van der Waals surface area contributed by atoms with Crippen LogP contribution >= 0.6 is 0 Å². The second-order valence-electron chi connectivity index (χ2n) is 7.93. The van der Waals surface area contributed by atoms with Gasteiger partial charge in [-0.25, -0.2) is 9.78 Å². The van der Waals surface area contributed by atoms with Crippen LogP contribution in [0.15, 0.2) is 23.3 Å². The molecule has 0 unspecified atom stereocenters. The maximum atomic E-state index is 11.5. The molecule has 2 heterocycles. The van der Waals surface area contributed by atoms with Gasteiger partial charge in [-0.3, -0.25) is 4.57 Å². The van der Waals surface area contributed by atoms with Gasteiger partial charge in [0.2, 0.25) is 5.95 Å². The first-order valence-electron chi connectivity index (χ1n) is 12.3. The molecular weight excluding hydrogens is 456 g/mol. The van der Waals surface area contributed by atoms with Crippen molar-refractivity contribution < 1.29 is 20.1 Å². The van der Waals surface area contributed by atoms with E-state index in [-0.39, 0.29) is 5.95 Å². The van der Waals surface area contributed by atoms with Gasteiger partial charge in [0.25, 0.3) is 0 Å². The summed E-state index contributed by atoms with van der Waals surface area (Å²) in [4.78, 5) is 18.4. The molecule has 4 atom stereocenters. The van der Waals surface area contributed by atoms with E-state index in [1.54, 1.807) is 0 Å². The third kappa shape index (κ3) is 12.5. The van der Waals surface area contributed by atoms with Crippen molar-refractivity contribution in [2.24, 2.45) is 0 Å². The number of aromatic nitrogens is 3. The summed E-state index contributed by atoms with van der Waals surface area (Å²) < 4.78 is 6.04. The number of nitrogens with zero attached hydrogens (tertiary/aromatic N) is 3. The largest absolute Gasteiger partial charge is 0.394 e. The minimum Gasteiger partial charge on any atom is -0.394 e. The molecule has 35 heavy (non-hydrogen) atoms. The molecule has 0 aromatic carbocycles. The van der Waals surface area contributed by atoms with Crippen LogP contribution in [0.2, 0.25) is 0 Å². The van der Waals surface area contributed by atoms with E-state index in [9.17, 15) is 15.0 Å². The molecule has 1 aromatic heterocycles. The molecule has 1 aliphatic heterocycles. The van der Waals surface area contributed by atoms with Crippen LogP contribution in [0.1, 0.15) is 32.9 Å². The molecule has 1 saturated heterocycles. The average Bonchev–Trinajstić information content (AvgIpc) is 3.13.